The minimum Gasteiger partial charge on any atom is -0.361 e. The lowest BCUT2D eigenvalue weighted by atomic mass is 10.2. The van der Waals surface area contributed by atoms with E-state index in [2.05, 4.69) is 19.6 Å². The summed E-state index contributed by atoms with van der Waals surface area (Å²) in [6.07, 6.45) is 0.773. The van der Waals surface area contributed by atoms with Gasteiger partial charge in [0.2, 0.25) is 0 Å². The Morgan fingerprint density at radius 2 is 2.05 bits per heavy atom. The van der Waals surface area contributed by atoms with Crippen LogP contribution in [-0.4, -0.2) is 25.5 Å². The fourth-order valence-corrected chi connectivity index (χ4v) is 2.93. The van der Waals surface area contributed by atoms with Gasteiger partial charge in [0, 0.05) is 25.9 Å². The van der Waals surface area contributed by atoms with E-state index in [-0.39, 0.29) is 12.3 Å². The summed E-state index contributed by atoms with van der Waals surface area (Å²) in [4.78, 5) is 23.0. The molecular weight excluding hydrogens is 373 g/mol. The Morgan fingerprint density at radius 3 is 2.58 bits per heavy atom. The van der Waals surface area contributed by atoms with Crippen LogP contribution >= 0.6 is 22.6 Å². The third kappa shape index (κ3) is 4.85. The fourth-order valence-electron chi connectivity index (χ4n) is 1.55. The van der Waals surface area contributed by atoms with Crippen molar-refractivity contribution >= 4 is 37.0 Å². The molecule has 0 bridgehead atoms. The zero-order valence-electron chi connectivity index (χ0n) is 11.8. The molecule has 0 aliphatic carbocycles. The molecule has 106 valence electrons. The predicted molar refractivity (Wildman–Crippen MR) is 87.6 cm³/mol. The van der Waals surface area contributed by atoms with Gasteiger partial charge in [0.05, 0.1) is 3.57 Å². The Balaban J connectivity index is 2.81. The van der Waals surface area contributed by atoms with Crippen molar-refractivity contribution in [2.75, 3.05) is 6.61 Å². The van der Waals surface area contributed by atoms with Crippen molar-refractivity contribution in [3.63, 3.8) is 0 Å². The van der Waals surface area contributed by atoms with Gasteiger partial charge in [-0.15, -0.1) is 0 Å². The summed E-state index contributed by atoms with van der Waals surface area (Å²) in [6.45, 7) is 9.48. The number of nitrogens with zero attached hydrogens (tertiary/aromatic N) is 1. The standard InChI is InChI=1S/C13H20INO3Si/c1-10-11(8-16)7-12(14)13(17)15(10)9-18-5-6-19(2,3)4/h7-8H,5-6,9H2,1-4H3. The molecule has 0 atom stereocenters. The van der Waals surface area contributed by atoms with Gasteiger partial charge < -0.3 is 4.74 Å². The summed E-state index contributed by atoms with van der Waals surface area (Å²) >= 11 is 1.95. The molecule has 0 amide bonds. The number of aldehydes is 1. The third-order valence-electron chi connectivity index (χ3n) is 2.90. The molecule has 1 aromatic rings. The first kappa shape index (κ1) is 16.6. The highest BCUT2D eigenvalue weighted by Crippen LogP contribution is 2.10. The van der Waals surface area contributed by atoms with Gasteiger partial charge in [0.25, 0.3) is 5.56 Å². The summed E-state index contributed by atoms with van der Waals surface area (Å²) < 4.78 is 7.65. The largest absolute Gasteiger partial charge is 0.361 e. The first-order valence-electron chi connectivity index (χ1n) is 6.19. The summed E-state index contributed by atoms with van der Waals surface area (Å²) in [5.74, 6) is 0. The Morgan fingerprint density at radius 1 is 1.42 bits per heavy atom. The van der Waals surface area contributed by atoms with Crippen LogP contribution in [0.3, 0.4) is 0 Å². The van der Waals surface area contributed by atoms with Crippen LogP contribution in [0.5, 0.6) is 0 Å². The molecule has 4 nitrogen and oxygen atoms in total. The van der Waals surface area contributed by atoms with E-state index in [9.17, 15) is 9.59 Å². The maximum Gasteiger partial charge on any atom is 0.266 e. The van der Waals surface area contributed by atoms with Crippen molar-refractivity contribution < 1.29 is 9.53 Å². The summed E-state index contributed by atoms with van der Waals surface area (Å²) in [7, 11) is -1.12. The second-order valence-corrected chi connectivity index (χ2v) is 12.5. The van der Waals surface area contributed by atoms with E-state index in [1.165, 1.54) is 4.57 Å². The molecule has 0 fully saturated rings. The topological polar surface area (TPSA) is 48.3 Å². The number of carbonyl (C=O) groups is 1. The smallest absolute Gasteiger partial charge is 0.266 e. The molecule has 0 radical (unpaired) electrons. The van der Waals surface area contributed by atoms with Crippen molar-refractivity contribution in [1.29, 1.82) is 0 Å². The van der Waals surface area contributed by atoms with Crippen LogP contribution in [0.25, 0.3) is 0 Å². The quantitative estimate of drug-likeness (QED) is 0.323. The average molecular weight is 393 g/mol. The molecule has 1 rings (SSSR count). The van der Waals surface area contributed by atoms with Crippen molar-refractivity contribution in [2.45, 2.75) is 39.3 Å². The van der Waals surface area contributed by atoms with Crippen LogP contribution in [0, 0.1) is 10.5 Å². The number of carbonyl (C=O) groups excluding carboxylic acids is 1. The van der Waals surface area contributed by atoms with E-state index < -0.39 is 8.07 Å². The van der Waals surface area contributed by atoms with Crippen molar-refractivity contribution in [2.24, 2.45) is 0 Å². The fraction of sp³-hybridized carbons (Fsp3) is 0.538. The predicted octanol–water partition coefficient (Wildman–Crippen LogP) is 2.89. The highest BCUT2D eigenvalue weighted by atomic mass is 127. The van der Waals surface area contributed by atoms with Crippen LogP contribution < -0.4 is 5.56 Å². The van der Waals surface area contributed by atoms with E-state index in [1.807, 2.05) is 22.6 Å². The maximum atomic E-state index is 12.0. The van der Waals surface area contributed by atoms with E-state index in [4.69, 9.17) is 4.74 Å². The number of pyridine rings is 1. The number of hydrogen-bond acceptors (Lipinski definition) is 3. The zero-order valence-corrected chi connectivity index (χ0v) is 15.0. The first-order chi connectivity index (χ1) is 8.76. The molecule has 6 heteroatoms. The lowest BCUT2D eigenvalue weighted by molar-refractivity contribution is 0.0828. The van der Waals surface area contributed by atoms with Crippen LogP contribution in [-0.2, 0) is 11.5 Å². The van der Waals surface area contributed by atoms with Gasteiger partial charge in [0.15, 0.2) is 6.29 Å². The number of ether oxygens (including phenoxy) is 1. The monoisotopic (exact) mass is 393 g/mol. The van der Waals surface area contributed by atoms with Gasteiger partial charge in [-0.2, -0.15) is 0 Å². The van der Waals surface area contributed by atoms with Crippen LogP contribution in [0.1, 0.15) is 16.1 Å². The summed E-state index contributed by atoms with van der Waals surface area (Å²) in [5, 5.41) is 0. The maximum absolute atomic E-state index is 12.0. The molecular formula is C13H20INO3Si. The second kappa shape index (κ2) is 6.80. The third-order valence-corrected chi connectivity index (χ3v) is 5.38. The van der Waals surface area contributed by atoms with Gasteiger partial charge >= 0.3 is 0 Å². The number of aromatic nitrogens is 1. The lowest BCUT2D eigenvalue weighted by Crippen LogP contribution is -2.28. The molecule has 19 heavy (non-hydrogen) atoms. The van der Waals surface area contributed by atoms with Gasteiger partial charge in [-0.3, -0.25) is 14.2 Å². The first-order valence-corrected chi connectivity index (χ1v) is 11.0. The molecule has 1 aromatic heterocycles. The normalized spacial score (nSPS) is 11.6. The number of halogens is 1. The number of hydrogen-bond donors (Lipinski definition) is 0. The molecule has 0 saturated carbocycles. The van der Waals surface area contributed by atoms with Crippen molar-refractivity contribution in [1.82, 2.24) is 4.57 Å². The van der Waals surface area contributed by atoms with Crippen LogP contribution in [0.4, 0.5) is 0 Å². The van der Waals surface area contributed by atoms with E-state index in [1.54, 1.807) is 13.0 Å². The van der Waals surface area contributed by atoms with Gasteiger partial charge in [-0.05, 0) is 41.6 Å². The molecule has 0 aliphatic rings. The van der Waals surface area contributed by atoms with Gasteiger partial charge in [-0.25, -0.2) is 0 Å². The van der Waals surface area contributed by atoms with Crippen LogP contribution in [0.15, 0.2) is 10.9 Å². The second-order valence-electron chi connectivity index (χ2n) is 5.73. The van der Waals surface area contributed by atoms with Gasteiger partial charge in [0.1, 0.15) is 6.73 Å². The van der Waals surface area contributed by atoms with E-state index in [0.29, 0.717) is 21.4 Å². The minimum absolute atomic E-state index is 0.100. The Kier molecular flexibility index (Phi) is 5.94. The zero-order chi connectivity index (χ0) is 14.6. The molecule has 0 unspecified atom stereocenters. The van der Waals surface area contributed by atoms with E-state index in [0.717, 1.165) is 12.3 Å². The highest BCUT2D eigenvalue weighted by Gasteiger charge is 2.13. The molecule has 0 N–H and O–H groups in total. The van der Waals surface area contributed by atoms with E-state index >= 15 is 0 Å². The van der Waals surface area contributed by atoms with Crippen molar-refractivity contribution in [3.8, 4) is 0 Å². The number of rotatable bonds is 6. The summed E-state index contributed by atoms with van der Waals surface area (Å²) in [6, 6.07) is 2.68. The lowest BCUT2D eigenvalue weighted by Gasteiger charge is -2.17. The average Bonchev–Trinajstić information content (AvgIpc) is 2.31. The summed E-state index contributed by atoms with van der Waals surface area (Å²) in [5.41, 5.74) is 1.10. The Bertz CT molecular complexity index is 520. The molecule has 0 saturated heterocycles. The van der Waals surface area contributed by atoms with Gasteiger partial charge in [-0.1, -0.05) is 19.6 Å². The molecule has 0 aliphatic heterocycles. The Hall–Kier alpha value is -0.473. The minimum atomic E-state index is -1.12. The Labute approximate surface area is 128 Å². The SMILES string of the molecule is Cc1c(C=O)cc(I)c(=O)n1COCC[Si](C)(C)C. The van der Waals surface area contributed by atoms with Crippen LogP contribution in [0.2, 0.25) is 25.7 Å². The molecule has 1 heterocycles. The highest BCUT2D eigenvalue weighted by molar-refractivity contribution is 14.1. The van der Waals surface area contributed by atoms with Crippen molar-refractivity contribution in [3.05, 3.63) is 31.2 Å². The molecule has 0 spiro atoms. The molecule has 0 aromatic carbocycles.